The minimum Gasteiger partial charge on any atom is -0.369 e. The average molecular weight is 148 g/mol. The van der Waals surface area contributed by atoms with Gasteiger partial charge in [0, 0.05) is 6.42 Å². The number of aromatic amines is 1. The van der Waals surface area contributed by atoms with Gasteiger partial charge in [-0.05, 0) is 6.08 Å². The second-order valence-electron chi connectivity index (χ2n) is 2.47. The summed E-state index contributed by atoms with van der Waals surface area (Å²) in [7, 11) is 0. The Kier molecular flexibility index (Phi) is 1.09. The third-order valence-corrected chi connectivity index (χ3v) is 1.64. The first-order chi connectivity index (χ1) is 5.27. The Balaban J connectivity index is 2.62. The zero-order valence-corrected chi connectivity index (χ0v) is 5.89. The van der Waals surface area contributed by atoms with Crippen molar-refractivity contribution < 1.29 is 0 Å². The van der Waals surface area contributed by atoms with Crippen molar-refractivity contribution in [3.8, 4) is 0 Å². The molecular weight excluding hydrogens is 140 g/mol. The number of nitrogens with one attached hydrogen (secondary N) is 2. The summed E-state index contributed by atoms with van der Waals surface area (Å²) in [4.78, 5) is 6.84. The van der Waals surface area contributed by atoms with Crippen LogP contribution < -0.4 is 5.73 Å². The molecule has 0 aliphatic heterocycles. The molecule has 1 heterocycles. The number of hydrogen-bond acceptors (Lipinski definition) is 3. The van der Waals surface area contributed by atoms with Crippen molar-refractivity contribution in [2.24, 2.45) is 0 Å². The zero-order valence-electron chi connectivity index (χ0n) is 5.89. The number of nitrogen functional groups attached to an aromatic ring is 1. The predicted octanol–water partition coefficient (Wildman–Crippen LogP) is 0.777. The van der Waals surface area contributed by atoms with Crippen molar-refractivity contribution in [2.75, 3.05) is 5.73 Å². The molecule has 1 aromatic rings. The second kappa shape index (κ2) is 1.95. The number of nitrogens with zero attached hydrogens (tertiary/aromatic N) is 1. The third kappa shape index (κ3) is 0.832. The summed E-state index contributed by atoms with van der Waals surface area (Å²) in [6, 6.07) is 0. The van der Waals surface area contributed by atoms with E-state index >= 15 is 0 Å². The molecule has 0 radical (unpaired) electrons. The summed E-state index contributed by atoms with van der Waals surface area (Å²) in [5, 5.41) is 7.49. The van der Waals surface area contributed by atoms with E-state index in [0.717, 1.165) is 5.69 Å². The Morgan fingerprint density at radius 2 is 2.45 bits per heavy atom. The Morgan fingerprint density at radius 1 is 1.64 bits per heavy atom. The Labute approximate surface area is 63.6 Å². The van der Waals surface area contributed by atoms with E-state index in [0.29, 0.717) is 23.8 Å². The van der Waals surface area contributed by atoms with Crippen LogP contribution in [0, 0.1) is 5.41 Å². The van der Waals surface area contributed by atoms with Crippen LogP contribution in [0.5, 0.6) is 0 Å². The molecule has 0 fully saturated rings. The average Bonchev–Trinajstić information content (AvgIpc) is 2.31. The van der Waals surface area contributed by atoms with Crippen molar-refractivity contribution in [3.63, 3.8) is 0 Å². The van der Waals surface area contributed by atoms with Gasteiger partial charge in [0.2, 0.25) is 0 Å². The van der Waals surface area contributed by atoms with E-state index in [1.165, 1.54) is 0 Å². The molecule has 11 heavy (non-hydrogen) atoms. The standard InChI is InChI=1S/C7H8N4/c8-4-2-1-3-5-6(4)11-7(9)10-5/h1,3,8H,2H2,(H3,9,10,11). The van der Waals surface area contributed by atoms with E-state index in [9.17, 15) is 0 Å². The van der Waals surface area contributed by atoms with Crippen molar-refractivity contribution >= 4 is 17.7 Å². The number of anilines is 1. The number of rotatable bonds is 0. The molecule has 1 aromatic heterocycles. The van der Waals surface area contributed by atoms with Gasteiger partial charge in [0.1, 0.15) is 5.69 Å². The molecule has 0 bridgehead atoms. The van der Waals surface area contributed by atoms with Crippen LogP contribution in [0.1, 0.15) is 17.8 Å². The number of imidazole rings is 1. The van der Waals surface area contributed by atoms with Crippen LogP contribution in [0.3, 0.4) is 0 Å². The van der Waals surface area contributed by atoms with Gasteiger partial charge in [0.15, 0.2) is 5.95 Å². The summed E-state index contributed by atoms with van der Waals surface area (Å²) in [6.45, 7) is 0. The Bertz CT molecular complexity index is 334. The molecule has 1 aliphatic rings. The van der Waals surface area contributed by atoms with Crippen molar-refractivity contribution in [2.45, 2.75) is 6.42 Å². The molecule has 56 valence electrons. The molecule has 0 aromatic carbocycles. The van der Waals surface area contributed by atoms with Gasteiger partial charge < -0.3 is 16.1 Å². The lowest BCUT2D eigenvalue weighted by Gasteiger charge is -2.02. The van der Waals surface area contributed by atoms with Crippen LogP contribution in [0.15, 0.2) is 6.08 Å². The smallest absolute Gasteiger partial charge is 0.198 e. The second-order valence-corrected chi connectivity index (χ2v) is 2.47. The van der Waals surface area contributed by atoms with Crippen LogP contribution in [0.2, 0.25) is 0 Å². The van der Waals surface area contributed by atoms with E-state index in [2.05, 4.69) is 9.97 Å². The highest BCUT2D eigenvalue weighted by Gasteiger charge is 2.13. The minimum absolute atomic E-state index is 0.381. The first kappa shape index (κ1) is 6.15. The zero-order chi connectivity index (χ0) is 7.84. The summed E-state index contributed by atoms with van der Waals surface area (Å²) < 4.78 is 0. The van der Waals surface area contributed by atoms with E-state index in [1.807, 2.05) is 12.2 Å². The summed E-state index contributed by atoms with van der Waals surface area (Å²) in [5.74, 6) is 0.381. The van der Waals surface area contributed by atoms with Crippen molar-refractivity contribution in [3.05, 3.63) is 17.5 Å². The highest BCUT2D eigenvalue weighted by Crippen LogP contribution is 2.16. The van der Waals surface area contributed by atoms with Crippen LogP contribution in [-0.2, 0) is 0 Å². The summed E-state index contributed by atoms with van der Waals surface area (Å²) in [6.07, 6.45) is 4.47. The Morgan fingerprint density at radius 3 is 3.18 bits per heavy atom. The molecule has 4 nitrogen and oxygen atoms in total. The van der Waals surface area contributed by atoms with Crippen molar-refractivity contribution in [1.29, 1.82) is 5.41 Å². The van der Waals surface area contributed by atoms with Gasteiger partial charge in [-0.1, -0.05) is 6.08 Å². The van der Waals surface area contributed by atoms with Gasteiger partial charge in [-0.25, -0.2) is 4.98 Å². The lowest BCUT2D eigenvalue weighted by molar-refractivity contribution is 1.27. The molecule has 0 amide bonds. The fourth-order valence-electron chi connectivity index (χ4n) is 1.15. The monoisotopic (exact) mass is 148 g/mol. The minimum atomic E-state index is 0.381. The lowest BCUT2D eigenvalue weighted by Crippen LogP contribution is -2.03. The fourth-order valence-corrected chi connectivity index (χ4v) is 1.15. The topological polar surface area (TPSA) is 78.5 Å². The maximum absolute atomic E-state index is 7.49. The van der Waals surface area contributed by atoms with E-state index in [-0.39, 0.29) is 0 Å². The highest BCUT2D eigenvalue weighted by atomic mass is 15.0. The number of H-pyrrole nitrogens is 1. The fraction of sp³-hybridized carbons (Fsp3) is 0.143. The van der Waals surface area contributed by atoms with Gasteiger partial charge in [-0.3, -0.25) is 0 Å². The molecule has 4 N–H and O–H groups in total. The number of fused-ring (bicyclic) bond motifs is 1. The normalized spacial score (nSPS) is 15.1. The summed E-state index contributed by atoms with van der Waals surface area (Å²) >= 11 is 0. The third-order valence-electron chi connectivity index (χ3n) is 1.64. The van der Waals surface area contributed by atoms with Crippen LogP contribution in [-0.4, -0.2) is 15.7 Å². The molecule has 0 unspecified atom stereocenters. The number of aromatic nitrogens is 2. The highest BCUT2D eigenvalue weighted by molar-refractivity contribution is 6.02. The molecule has 2 rings (SSSR count). The SMILES string of the molecule is N=C1CC=Cc2[nH]c(N)nc21. The lowest BCUT2D eigenvalue weighted by atomic mass is 10.1. The van der Waals surface area contributed by atoms with Gasteiger partial charge in [0.25, 0.3) is 0 Å². The van der Waals surface area contributed by atoms with E-state index in [1.54, 1.807) is 0 Å². The largest absolute Gasteiger partial charge is 0.369 e. The Hall–Kier alpha value is -1.58. The van der Waals surface area contributed by atoms with Crippen LogP contribution in [0.4, 0.5) is 5.95 Å². The molecule has 0 atom stereocenters. The van der Waals surface area contributed by atoms with Crippen LogP contribution >= 0.6 is 0 Å². The molecule has 0 saturated heterocycles. The quantitative estimate of drug-likeness (QED) is 0.508. The van der Waals surface area contributed by atoms with Gasteiger partial charge >= 0.3 is 0 Å². The summed E-state index contributed by atoms with van der Waals surface area (Å²) in [5.41, 5.74) is 7.48. The van der Waals surface area contributed by atoms with Crippen molar-refractivity contribution in [1.82, 2.24) is 9.97 Å². The molecule has 1 aliphatic carbocycles. The molecule has 0 spiro atoms. The number of hydrogen-bond donors (Lipinski definition) is 3. The molecule has 4 heteroatoms. The van der Waals surface area contributed by atoms with Gasteiger partial charge in [-0.2, -0.15) is 0 Å². The number of allylic oxidation sites excluding steroid dienone is 1. The van der Waals surface area contributed by atoms with E-state index < -0.39 is 0 Å². The maximum Gasteiger partial charge on any atom is 0.198 e. The maximum atomic E-state index is 7.49. The first-order valence-corrected chi connectivity index (χ1v) is 3.37. The first-order valence-electron chi connectivity index (χ1n) is 3.37. The molecular formula is C7H8N4. The molecule has 0 saturated carbocycles. The van der Waals surface area contributed by atoms with Crippen LogP contribution in [0.25, 0.3) is 6.08 Å². The van der Waals surface area contributed by atoms with Gasteiger partial charge in [-0.15, -0.1) is 0 Å². The number of nitrogens with two attached hydrogens (primary N) is 1. The van der Waals surface area contributed by atoms with E-state index in [4.69, 9.17) is 11.1 Å². The van der Waals surface area contributed by atoms with Gasteiger partial charge in [0.05, 0.1) is 11.4 Å². The predicted molar refractivity (Wildman–Crippen MR) is 43.5 cm³/mol.